The van der Waals surface area contributed by atoms with Gasteiger partial charge in [-0.05, 0) is 56.3 Å². The summed E-state index contributed by atoms with van der Waals surface area (Å²) in [5.74, 6) is -0.308. The minimum absolute atomic E-state index is 0.183. The van der Waals surface area contributed by atoms with Crippen LogP contribution in [0.3, 0.4) is 0 Å². The van der Waals surface area contributed by atoms with E-state index in [1.54, 1.807) is 10.9 Å². The second-order valence-corrected chi connectivity index (χ2v) is 9.32. The Labute approximate surface area is 184 Å². The number of hydrogen-bond acceptors (Lipinski definition) is 5. The first-order valence-corrected chi connectivity index (χ1v) is 11.1. The molecule has 0 bridgehead atoms. The maximum absolute atomic E-state index is 13.3. The molecule has 0 unspecified atom stereocenters. The topological polar surface area (TPSA) is 81.8 Å². The van der Waals surface area contributed by atoms with Crippen molar-refractivity contribution in [2.45, 2.75) is 46.2 Å². The zero-order chi connectivity index (χ0) is 22.2. The third-order valence-electron chi connectivity index (χ3n) is 5.01. The molecule has 7 nitrogen and oxygen atoms in total. The van der Waals surface area contributed by atoms with E-state index >= 15 is 0 Å². The molecule has 0 radical (unpaired) electrons. The smallest absolute Gasteiger partial charge is 0.293 e. The first kappa shape index (κ1) is 21.0. The lowest BCUT2D eigenvalue weighted by Gasteiger charge is -2.20. The number of nitrogens with one attached hydrogen (secondary N) is 1. The molecule has 0 saturated heterocycles. The number of carbonyl (C=O) groups excluding carboxylic acids is 1. The van der Waals surface area contributed by atoms with Gasteiger partial charge in [-0.3, -0.25) is 14.3 Å². The molecule has 0 aliphatic heterocycles. The number of carbonyl (C=O) groups is 1. The Balaban J connectivity index is 1.75. The van der Waals surface area contributed by atoms with Crippen LogP contribution in [0.2, 0.25) is 0 Å². The minimum Gasteiger partial charge on any atom is -0.324 e. The molecule has 4 rings (SSSR count). The highest BCUT2D eigenvalue weighted by atomic mass is 32.1. The van der Waals surface area contributed by atoms with Gasteiger partial charge in [-0.25, -0.2) is 4.68 Å². The number of amides is 1. The van der Waals surface area contributed by atoms with Crippen molar-refractivity contribution in [1.82, 2.24) is 19.6 Å². The average Bonchev–Trinajstić information content (AvgIpc) is 3.40. The van der Waals surface area contributed by atoms with Gasteiger partial charge in [-0.2, -0.15) is 10.2 Å². The molecule has 31 heavy (non-hydrogen) atoms. The monoisotopic (exact) mass is 435 g/mol. The number of aromatic nitrogens is 4. The standard InChI is InChI=1S/C23H25N5O2S/c1-5-15-8-10-16(11-9-15)25-19(29)14-27-22(30)21-17(13-24-28(21)23(2,3)4)20(26-27)18-7-6-12-31-18/h6-13H,5,14H2,1-4H3,(H,25,29). The highest BCUT2D eigenvalue weighted by Gasteiger charge is 2.24. The van der Waals surface area contributed by atoms with Crippen molar-refractivity contribution in [2.75, 3.05) is 5.32 Å². The van der Waals surface area contributed by atoms with Crippen LogP contribution in [-0.4, -0.2) is 25.5 Å². The number of nitrogens with zero attached hydrogens (tertiary/aromatic N) is 4. The Morgan fingerprint density at radius 2 is 1.90 bits per heavy atom. The molecule has 0 aliphatic carbocycles. The van der Waals surface area contributed by atoms with Crippen molar-refractivity contribution in [3.63, 3.8) is 0 Å². The van der Waals surface area contributed by atoms with Gasteiger partial charge in [0, 0.05) is 5.69 Å². The van der Waals surface area contributed by atoms with Crippen LogP contribution < -0.4 is 10.9 Å². The summed E-state index contributed by atoms with van der Waals surface area (Å²) in [7, 11) is 0. The number of aryl methyl sites for hydroxylation is 1. The quantitative estimate of drug-likeness (QED) is 0.507. The van der Waals surface area contributed by atoms with E-state index in [9.17, 15) is 9.59 Å². The Morgan fingerprint density at radius 1 is 1.16 bits per heavy atom. The number of fused-ring (bicyclic) bond motifs is 1. The molecule has 4 aromatic rings. The van der Waals surface area contributed by atoms with Gasteiger partial charge in [0.2, 0.25) is 5.91 Å². The molecule has 3 aromatic heterocycles. The molecule has 8 heteroatoms. The van der Waals surface area contributed by atoms with Crippen molar-refractivity contribution in [1.29, 1.82) is 0 Å². The van der Waals surface area contributed by atoms with E-state index in [0.717, 1.165) is 11.3 Å². The molecule has 0 saturated carbocycles. The van der Waals surface area contributed by atoms with Crippen molar-refractivity contribution >= 4 is 33.8 Å². The van der Waals surface area contributed by atoms with E-state index in [0.29, 0.717) is 22.3 Å². The lowest BCUT2D eigenvalue weighted by molar-refractivity contribution is -0.117. The van der Waals surface area contributed by atoms with Crippen LogP contribution in [0, 0.1) is 0 Å². The summed E-state index contributed by atoms with van der Waals surface area (Å²) >= 11 is 1.53. The molecule has 160 valence electrons. The largest absolute Gasteiger partial charge is 0.324 e. The van der Waals surface area contributed by atoms with E-state index in [2.05, 4.69) is 22.4 Å². The Kier molecular flexibility index (Phi) is 5.49. The Hall–Kier alpha value is -3.26. The van der Waals surface area contributed by atoms with Crippen molar-refractivity contribution in [3.8, 4) is 10.6 Å². The molecule has 1 N–H and O–H groups in total. The highest BCUT2D eigenvalue weighted by molar-refractivity contribution is 7.13. The average molecular weight is 436 g/mol. The summed E-state index contributed by atoms with van der Waals surface area (Å²) < 4.78 is 2.94. The SMILES string of the molecule is CCc1ccc(NC(=O)Cn2nc(-c3cccs3)c3cnn(C(C)(C)C)c3c2=O)cc1. The predicted molar refractivity (Wildman–Crippen MR) is 125 cm³/mol. The van der Waals surface area contributed by atoms with Gasteiger partial charge in [0.15, 0.2) is 0 Å². The third-order valence-corrected chi connectivity index (χ3v) is 5.89. The molecule has 3 heterocycles. The van der Waals surface area contributed by atoms with Gasteiger partial charge in [-0.1, -0.05) is 25.1 Å². The van der Waals surface area contributed by atoms with E-state index in [1.807, 2.05) is 62.5 Å². The van der Waals surface area contributed by atoms with Gasteiger partial charge in [-0.15, -0.1) is 11.3 Å². The van der Waals surface area contributed by atoms with Crippen LogP contribution >= 0.6 is 11.3 Å². The molecular weight excluding hydrogens is 410 g/mol. The van der Waals surface area contributed by atoms with Crippen LogP contribution in [0.25, 0.3) is 21.5 Å². The highest BCUT2D eigenvalue weighted by Crippen LogP contribution is 2.30. The van der Waals surface area contributed by atoms with Crippen LogP contribution in [0.1, 0.15) is 33.3 Å². The van der Waals surface area contributed by atoms with Gasteiger partial charge in [0.25, 0.3) is 5.56 Å². The molecule has 1 amide bonds. The normalized spacial score (nSPS) is 11.7. The maximum Gasteiger partial charge on any atom is 0.293 e. The van der Waals surface area contributed by atoms with Crippen molar-refractivity contribution in [3.05, 3.63) is 63.9 Å². The number of rotatable bonds is 5. The second kappa shape index (κ2) is 8.11. The fourth-order valence-corrected chi connectivity index (χ4v) is 4.16. The first-order chi connectivity index (χ1) is 14.8. The van der Waals surface area contributed by atoms with Crippen LogP contribution in [0.4, 0.5) is 5.69 Å². The molecule has 1 aromatic carbocycles. The van der Waals surface area contributed by atoms with E-state index in [4.69, 9.17) is 0 Å². The third kappa shape index (κ3) is 4.16. The van der Waals surface area contributed by atoms with Gasteiger partial charge >= 0.3 is 0 Å². The summed E-state index contributed by atoms with van der Waals surface area (Å²) in [5.41, 5.74) is 2.26. The second-order valence-electron chi connectivity index (χ2n) is 8.38. The molecular formula is C23H25N5O2S. The minimum atomic E-state index is -0.393. The van der Waals surface area contributed by atoms with Crippen LogP contribution in [0.15, 0.2) is 52.8 Å². The van der Waals surface area contributed by atoms with Gasteiger partial charge < -0.3 is 5.32 Å². The molecule has 0 atom stereocenters. The van der Waals surface area contributed by atoms with Crippen molar-refractivity contribution < 1.29 is 4.79 Å². The Bertz CT molecular complexity index is 1280. The number of thiophene rings is 1. The fourth-order valence-electron chi connectivity index (χ4n) is 3.44. The molecule has 0 aliphatic rings. The summed E-state index contributed by atoms with van der Waals surface area (Å²) in [4.78, 5) is 26.9. The van der Waals surface area contributed by atoms with Gasteiger partial charge in [0.1, 0.15) is 17.8 Å². The van der Waals surface area contributed by atoms with E-state index in [-0.39, 0.29) is 18.0 Å². The van der Waals surface area contributed by atoms with Gasteiger partial charge in [0.05, 0.1) is 22.0 Å². The summed E-state index contributed by atoms with van der Waals surface area (Å²) in [6.07, 6.45) is 2.62. The maximum atomic E-state index is 13.3. The Morgan fingerprint density at radius 3 is 2.52 bits per heavy atom. The van der Waals surface area contributed by atoms with E-state index in [1.165, 1.54) is 21.6 Å². The zero-order valence-corrected chi connectivity index (χ0v) is 18.9. The predicted octanol–water partition coefficient (Wildman–Crippen LogP) is 4.28. The van der Waals surface area contributed by atoms with Crippen LogP contribution in [-0.2, 0) is 23.3 Å². The number of benzene rings is 1. The first-order valence-electron chi connectivity index (χ1n) is 10.2. The number of anilines is 1. The summed E-state index contributed by atoms with van der Waals surface area (Å²) in [5, 5.41) is 14.5. The molecule has 0 spiro atoms. The zero-order valence-electron chi connectivity index (χ0n) is 18.0. The van der Waals surface area contributed by atoms with Crippen molar-refractivity contribution in [2.24, 2.45) is 0 Å². The lowest BCUT2D eigenvalue weighted by Crippen LogP contribution is -2.33. The lowest BCUT2D eigenvalue weighted by atomic mass is 10.1. The van der Waals surface area contributed by atoms with Crippen LogP contribution in [0.5, 0.6) is 0 Å². The summed E-state index contributed by atoms with van der Waals surface area (Å²) in [6, 6.07) is 11.6. The van der Waals surface area contributed by atoms with E-state index < -0.39 is 5.54 Å². The molecule has 0 fully saturated rings. The fraction of sp³-hybridized carbons (Fsp3) is 0.304. The summed E-state index contributed by atoms with van der Waals surface area (Å²) in [6.45, 7) is 7.86. The number of hydrogen-bond donors (Lipinski definition) is 1.